The third-order valence-corrected chi connectivity index (χ3v) is 2.85. The molecule has 0 radical (unpaired) electrons. The molecule has 1 aliphatic carbocycles. The molecule has 0 amide bonds. The molecule has 0 saturated heterocycles. The molecule has 0 heterocycles. The largest absolute Gasteiger partial charge is 0.192 e. The first-order chi connectivity index (χ1) is 7.27. The van der Waals surface area contributed by atoms with Crippen LogP contribution in [0.25, 0.3) is 5.57 Å². The van der Waals surface area contributed by atoms with Crippen molar-refractivity contribution in [2.75, 3.05) is 0 Å². The Morgan fingerprint density at radius 1 is 1.27 bits per heavy atom. The van der Waals surface area contributed by atoms with Crippen LogP contribution in [0.4, 0.5) is 0 Å². The third kappa shape index (κ3) is 1.41. The second-order valence-electron chi connectivity index (χ2n) is 3.77. The minimum atomic E-state index is 0.256. The van der Waals surface area contributed by atoms with E-state index in [1.807, 2.05) is 30.3 Å². The lowest BCUT2D eigenvalue weighted by molar-refractivity contribution is 0.827. The number of rotatable bonds is 0. The van der Waals surface area contributed by atoms with Crippen LogP contribution in [0.3, 0.4) is 0 Å². The molecule has 2 heteroatoms. The van der Waals surface area contributed by atoms with Gasteiger partial charge in [-0.3, -0.25) is 0 Å². The van der Waals surface area contributed by atoms with E-state index < -0.39 is 0 Å². The van der Waals surface area contributed by atoms with Crippen LogP contribution in [0.15, 0.2) is 29.8 Å². The van der Waals surface area contributed by atoms with Crippen LogP contribution in [0.5, 0.6) is 0 Å². The van der Waals surface area contributed by atoms with E-state index in [2.05, 4.69) is 13.0 Å². The molecular formula is C13H10N2. The van der Waals surface area contributed by atoms with Gasteiger partial charge in [0, 0.05) is 0 Å². The summed E-state index contributed by atoms with van der Waals surface area (Å²) in [7, 11) is 0. The summed E-state index contributed by atoms with van der Waals surface area (Å²) in [6.07, 6.45) is 0.801. The van der Waals surface area contributed by atoms with Crippen molar-refractivity contribution in [1.29, 1.82) is 10.5 Å². The van der Waals surface area contributed by atoms with Gasteiger partial charge in [0.2, 0.25) is 0 Å². The van der Waals surface area contributed by atoms with Gasteiger partial charge in [-0.05, 0) is 29.0 Å². The normalized spacial score (nSPS) is 17.8. The van der Waals surface area contributed by atoms with Crippen LogP contribution >= 0.6 is 0 Å². The van der Waals surface area contributed by atoms with Crippen molar-refractivity contribution in [3.8, 4) is 12.1 Å². The zero-order chi connectivity index (χ0) is 10.8. The van der Waals surface area contributed by atoms with Crippen molar-refractivity contribution >= 4 is 5.57 Å². The van der Waals surface area contributed by atoms with Gasteiger partial charge in [0.05, 0.1) is 0 Å². The van der Waals surface area contributed by atoms with Crippen LogP contribution < -0.4 is 0 Å². The average molecular weight is 194 g/mol. The van der Waals surface area contributed by atoms with E-state index in [0.717, 1.165) is 17.6 Å². The Balaban J connectivity index is 2.66. The number of nitrogens with zero attached hydrogens (tertiary/aromatic N) is 2. The lowest BCUT2D eigenvalue weighted by Crippen LogP contribution is -1.83. The second kappa shape index (κ2) is 3.59. The van der Waals surface area contributed by atoms with Crippen LogP contribution in [0, 0.1) is 22.7 Å². The van der Waals surface area contributed by atoms with E-state index in [4.69, 9.17) is 10.5 Å². The molecule has 15 heavy (non-hydrogen) atoms. The van der Waals surface area contributed by atoms with Crippen molar-refractivity contribution in [2.45, 2.75) is 19.3 Å². The third-order valence-electron chi connectivity index (χ3n) is 2.85. The molecule has 0 N–H and O–H groups in total. The lowest BCUT2D eigenvalue weighted by Gasteiger charge is -2.00. The van der Waals surface area contributed by atoms with E-state index in [0.29, 0.717) is 5.92 Å². The Bertz CT molecular complexity index is 496. The highest BCUT2D eigenvalue weighted by Crippen LogP contribution is 2.41. The molecule has 2 rings (SSSR count). The second-order valence-corrected chi connectivity index (χ2v) is 3.77. The van der Waals surface area contributed by atoms with Crippen LogP contribution in [0.2, 0.25) is 0 Å². The molecule has 0 saturated carbocycles. The minimum Gasteiger partial charge on any atom is -0.192 e. The van der Waals surface area contributed by atoms with Crippen LogP contribution in [0.1, 0.15) is 30.4 Å². The maximum absolute atomic E-state index is 8.87. The van der Waals surface area contributed by atoms with Crippen molar-refractivity contribution in [1.82, 2.24) is 0 Å². The lowest BCUT2D eigenvalue weighted by atomic mass is 10.0. The molecule has 2 nitrogen and oxygen atoms in total. The molecule has 0 aliphatic heterocycles. The van der Waals surface area contributed by atoms with Gasteiger partial charge in [0.25, 0.3) is 0 Å². The number of nitriles is 2. The van der Waals surface area contributed by atoms with Gasteiger partial charge in [0.1, 0.15) is 17.7 Å². The highest BCUT2D eigenvalue weighted by Gasteiger charge is 2.25. The molecule has 0 spiro atoms. The van der Waals surface area contributed by atoms with Gasteiger partial charge in [-0.2, -0.15) is 10.5 Å². The van der Waals surface area contributed by atoms with Crippen LogP contribution in [-0.4, -0.2) is 0 Å². The van der Waals surface area contributed by atoms with Crippen molar-refractivity contribution in [2.24, 2.45) is 0 Å². The molecular weight excluding hydrogens is 184 g/mol. The smallest absolute Gasteiger partial charge is 0.133 e. The SMILES string of the molecule is CC1CC(=C(C#N)C#N)c2ccccc21. The molecule has 0 aromatic heterocycles. The van der Waals surface area contributed by atoms with Gasteiger partial charge in [0.15, 0.2) is 0 Å². The van der Waals surface area contributed by atoms with E-state index in [1.54, 1.807) is 0 Å². The summed E-state index contributed by atoms with van der Waals surface area (Å²) in [5, 5.41) is 17.7. The summed E-state index contributed by atoms with van der Waals surface area (Å²) < 4.78 is 0. The Kier molecular flexibility index (Phi) is 2.27. The highest BCUT2D eigenvalue weighted by atomic mass is 14.3. The Morgan fingerprint density at radius 2 is 1.93 bits per heavy atom. The Morgan fingerprint density at radius 3 is 2.60 bits per heavy atom. The molecule has 72 valence electrons. The fourth-order valence-electron chi connectivity index (χ4n) is 2.12. The van der Waals surface area contributed by atoms with Crippen molar-refractivity contribution in [3.63, 3.8) is 0 Å². The first-order valence-electron chi connectivity index (χ1n) is 4.90. The average Bonchev–Trinajstić information content (AvgIpc) is 2.60. The zero-order valence-electron chi connectivity index (χ0n) is 8.49. The van der Waals surface area contributed by atoms with Gasteiger partial charge in [-0.15, -0.1) is 0 Å². The Labute approximate surface area is 89.1 Å². The molecule has 1 aromatic carbocycles. The topological polar surface area (TPSA) is 47.6 Å². The van der Waals surface area contributed by atoms with E-state index in [1.165, 1.54) is 5.56 Å². The molecule has 1 aliphatic rings. The predicted octanol–water partition coefficient (Wildman–Crippen LogP) is 2.99. The molecule has 0 bridgehead atoms. The van der Waals surface area contributed by atoms with E-state index in [-0.39, 0.29) is 5.57 Å². The maximum atomic E-state index is 8.87. The number of hydrogen-bond donors (Lipinski definition) is 0. The number of benzene rings is 1. The number of hydrogen-bond acceptors (Lipinski definition) is 2. The summed E-state index contributed by atoms with van der Waals surface area (Å²) in [6, 6.07) is 11.9. The van der Waals surface area contributed by atoms with Gasteiger partial charge >= 0.3 is 0 Å². The molecule has 0 fully saturated rings. The zero-order valence-corrected chi connectivity index (χ0v) is 8.49. The monoisotopic (exact) mass is 194 g/mol. The van der Waals surface area contributed by atoms with Crippen molar-refractivity contribution in [3.05, 3.63) is 41.0 Å². The summed E-state index contributed by atoms with van der Waals surface area (Å²) in [6.45, 7) is 2.12. The fourth-order valence-corrected chi connectivity index (χ4v) is 2.12. The van der Waals surface area contributed by atoms with Gasteiger partial charge in [-0.1, -0.05) is 31.2 Å². The van der Waals surface area contributed by atoms with E-state index >= 15 is 0 Å². The van der Waals surface area contributed by atoms with E-state index in [9.17, 15) is 0 Å². The van der Waals surface area contributed by atoms with Crippen LogP contribution in [-0.2, 0) is 0 Å². The summed E-state index contributed by atoms with van der Waals surface area (Å²) >= 11 is 0. The summed E-state index contributed by atoms with van der Waals surface area (Å²) in [5.41, 5.74) is 3.48. The Hall–Kier alpha value is -2.06. The summed E-state index contributed by atoms with van der Waals surface area (Å²) in [4.78, 5) is 0. The van der Waals surface area contributed by atoms with Gasteiger partial charge < -0.3 is 0 Å². The highest BCUT2D eigenvalue weighted by molar-refractivity contribution is 5.81. The summed E-state index contributed by atoms with van der Waals surface area (Å²) in [5.74, 6) is 0.410. The maximum Gasteiger partial charge on any atom is 0.133 e. The molecule has 1 unspecified atom stereocenters. The number of allylic oxidation sites excluding steroid dienone is 2. The first-order valence-corrected chi connectivity index (χ1v) is 4.90. The minimum absolute atomic E-state index is 0.256. The quantitative estimate of drug-likeness (QED) is 0.596. The van der Waals surface area contributed by atoms with Crippen molar-refractivity contribution < 1.29 is 0 Å². The standard InChI is InChI=1S/C13H10N2/c1-9-6-13(10(7-14)8-15)12-5-3-2-4-11(9)12/h2-5,9H,6H2,1H3. The molecule has 1 aromatic rings. The van der Waals surface area contributed by atoms with Gasteiger partial charge in [-0.25, -0.2) is 0 Å². The molecule has 1 atom stereocenters. The number of fused-ring (bicyclic) bond motifs is 1. The first kappa shape index (κ1) is 9.49. The predicted molar refractivity (Wildman–Crippen MR) is 57.6 cm³/mol. The fraction of sp³-hybridized carbons (Fsp3) is 0.231.